The van der Waals surface area contributed by atoms with Crippen molar-refractivity contribution in [2.24, 2.45) is 0 Å². The van der Waals surface area contributed by atoms with Gasteiger partial charge in [-0.15, -0.1) is 0 Å². The van der Waals surface area contributed by atoms with Gasteiger partial charge in [-0.1, -0.05) is 12.1 Å². The predicted molar refractivity (Wildman–Crippen MR) is 71.4 cm³/mol. The zero-order valence-electron chi connectivity index (χ0n) is 10.5. The Kier molecular flexibility index (Phi) is 3.99. The summed E-state index contributed by atoms with van der Waals surface area (Å²) >= 11 is 0. The van der Waals surface area contributed by atoms with E-state index in [-0.39, 0.29) is 5.82 Å². The topological polar surface area (TPSA) is 45.0 Å². The summed E-state index contributed by atoms with van der Waals surface area (Å²) in [6.45, 7) is 0.293. The summed E-state index contributed by atoms with van der Waals surface area (Å²) in [4.78, 5) is 0. The first-order valence-corrected chi connectivity index (χ1v) is 5.80. The van der Waals surface area contributed by atoms with E-state index in [2.05, 4.69) is 5.32 Å². The van der Waals surface area contributed by atoms with Gasteiger partial charge < -0.3 is 10.1 Å². The lowest BCUT2D eigenvalue weighted by atomic mass is 10.1. The Hall–Kier alpha value is -2.54. The highest BCUT2D eigenvalue weighted by molar-refractivity contribution is 5.56. The van der Waals surface area contributed by atoms with E-state index in [0.29, 0.717) is 23.4 Å². The Morgan fingerprint density at radius 1 is 1.26 bits per heavy atom. The van der Waals surface area contributed by atoms with Crippen LogP contribution in [0.1, 0.15) is 11.1 Å². The maximum atomic E-state index is 13.6. The molecule has 96 valence electrons. The predicted octanol–water partition coefficient (Wildman–Crippen LogP) is 3.32. The number of rotatable bonds is 4. The Labute approximate surface area is 111 Å². The summed E-state index contributed by atoms with van der Waals surface area (Å²) in [5.74, 6) is 0.362. The second-order valence-corrected chi connectivity index (χ2v) is 3.97. The molecule has 0 radical (unpaired) electrons. The molecule has 0 aromatic heterocycles. The highest BCUT2D eigenvalue weighted by atomic mass is 19.1. The summed E-state index contributed by atoms with van der Waals surface area (Å²) in [6.07, 6.45) is 0. The molecule has 19 heavy (non-hydrogen) atoms. The van der Waals surface area contributed by atoms with E-state index in [4.69, 9.17) is 10.00 Å². The molecule has 0 aliphatic rings. The van der Waals surface area contributed by atoms with Crippen molar-refractivity contribution >= 4 is 5.69 Å². The van der Waals surface area contributed by atoms with Crippen LogP contribution in [0.2, 0.25) is 0 Å². The molecule has 0 saturated carbocycles. The monoisotopic (exact) mass is 256 g/mol. The molecule has 2 aromatic carbocycles. The molecule has 1 N–H and O–H groups in total. The average Bonchev–Trinajstić information content (AvgIpc) is 2.46. The van der Waals surface area contributed by atoms with Gasteiger partial charge >= 0.3 is 0 Å². The van der Waals surface area contributed by atoms with Crippen molar-refractivity contribution in [1.82, 2.24) is 0 Å². The van der Waals surface area contributed by atoms with E-state index in [1.54, 1.807) is 7.11 Å². The van der Waals surface area contributed by atoms with Crippen LogP contribution in [0.5, 0.6) is 5.75 Å². The fourth-order valence-corrected chi connectivity index (χ4v) is 1.76. The van der Waals surface area contributed by atoms with Crippen LogP contribution in [-0.4, -0.2) is 7.11 Å². The van der Waals surface area contributed by atoms with Gasteiger partial charge in [0.05, 0.1) is 24.4 Å². The molecule has 0 spiro atoms. The van der Waals surface area contributed by atoms with E-state index < -0.39 is 0 Å². The van der Waals surface area contributed by atoms with Crippen LogP contribution >= 0.6 is 0 Å². The summed E-state index contributed by atoms with van der Waals surface area (Å²) in [5, 5.41) is 11.9. The average molecular weight is 256 g/mol. The van der Waals surface area contributed by atoms with Crippen LogP contribution in [0.15, 0.2) is 42.5 Å². The molecule has 2 rings (SSSR count). The van der Waals surface area contributed by atoms with Gasteiger partial charge in [0.1, 0.15) is 11.6 Å². The van der Waals surface area contributed by atoms with Crippen molar-refractivity contribution in [2.75, 3.05) is 12.4 Å². The van der Waals surface area contributed by atoms with Crippen LogP contribution in [0.4, 0.5) is 10.1 Å². The largest absolute Gasteiger partial charge is 0.495 e. The number of nitrogens with zero attached hydrogens (tertiary/aromatic N) is 1. The molecule has 0 aliphatic carbocycles. The lowest BCUT2D eigenvalue weighted by Crippen LogP contribution is -2.03. The zero-order valence-corrected chi connectivity index (χ0v) is 10.5. The van der Waals surface area contributed by atoms with Crippen molar-refractivity contribution in [1.29, 1.82) is 5.26 Å². The molecule has 0 saturated heterocycles. The minimum Gasteiger partial charge on any atom is -0.495 e. The van der Waals surface area contributed by atoms with Crippen LogP contribution < -0.4 is 10.1 Å². The Bertz CT molecular complexity index is 620. The third-order valence-electron chi connectivity index (χ3n) is 2.75. The number of halogens is 1. The van der Waals surface area contributed by atoms with E-state index in [0.717, 1.165) is 5.69 Å². The summed E-state index contributed by atoms with van der Waals surface area (Å²) in [6, 6.07) is 13.7. The Balaban J connectivity index is 2.17. The second-order valence-electron chi connectivity index (χ2n) is 3.97. The first-order valence-electron chi connectivity index (χ1n) is 5.80. The van der Waals surface area contributed by atoms with Crippen molar-refractivity contribution < 1.29 is 9.13 Å². The minimum atomic E-state index is -0.332. The smallest absolute Gasteiger partial charge is 0.141 e. The summed E-state index contributed by atoms with van der Waals surface area (Å²) in [5.41, 5.74) is 1.68. The quantitative estimate of drug-likeness (QED) is 0.912. The Morgan fingerprint density at radius 2 is 2.05 bits per heavy atom. The van der Waals surface area contributed by atoms with E-state index >= 15 is 0 Å². The van der Waals surface area contributed by atoms with Gasteiger partial charge in [0.25, 0.3) is 0 Å². The normalized spacial score (nSPS) is 9.74. The third kappa shape index (κ3) is 3.02. The van der Waals surface area contributed by atoms with Crippen molar-refractivity contribution in [3.05, 3.63) is 59.4 Å². The number of para-hydroxylation sites is 2. The van der Waals surface area contributed by atoms with Gasteiger partial charge in [0.15, 0.2) is 0 Å². The van der Waals surface area contributed by atoms with Gasteiger partial charge in [-0.05, 0) is 30.3 Å². The molecule has 4 heteroatoms. The maximum Gasteiger partial charge on any atom is 0.141 e. The van der Waals surface area contributed by atoms with Gasteiger partial charge in [-0.25, -0.2) is 4.39 Å². The number of nitriles is 1. The molecule has 0 unspecified atom stereocenters. The first-order chi connectivity index (χ1) is 9.24. The number of hydrogen-bond donors (Lipinski definition) is 1. The van der Waals surface area contributed by atoms with Crippen LogP contribution in [0, 0.1) is 17.1 Å². The van der Waals surface area contributed by atoms with Crippen LogP contribution in [0.3, 0.4) is 0 Å². The Morgan fingerprint density at radius 3 is 2.79 bits per heavy atom. The molecule has 0 heterocycles. The molecule has 3 nitrogen and oxygen atoms in total. The van der Waals surface area contributed by atoms with Crippen LogP contribution in [-0.2, 0) is 6.54 Å². The van der Waals surface area contributed by atoms with Gasteiger partial charge in [-0.3, -0.25) is 0 Å². The van der Waals surface area contributed by atoms with Crippen molar-refractivity contribution in [3.8, 4) is 11.8 Å². The van der Waals surface area contributed by atoms with Crippen molar-refractivity contribution in [2.45, 2.75) is 6.54 Å². The molecule has 0 fully saturated rings. The maximum absolute atomic E-state index is 13.6. The number of benzene rings is 2. The van der Waals surface area contributed by atoms with E-state index in [1.165, 1.54) is 18.2 Å². The number of ether oxygens (including phenoxy) is 1. The molecule has 0 aliphatic heterocycles. The lowest BCUT2D eigenvalue weighted by molar-refractivity contribution is 0.416. The van der Waals surface area contributed by atoms with E-state index in [9.17, 15) is 4.39 Å². The summed E-state index contributed by atoms with van der Waals surface area (Å²) < 4.78 is 18.8. The fraction of sp³-hybridized carbons (Fsp3) is 0.133. The minimum absolute atomic E-state index is 0.293. The van der Waals surface area contributed by atoms with Gasteiger partial charge in [0.2, 0.25) is 0 Å². The number of nitrogens with one attached hydrogen (secondary N) is 1. The molecule has 0 bridgehead atoms. The first kappa shape index (κ1) is 12.9. The number of anilines is 1. The SMILES string of the molecule is COc1ccccc1NCc1cc(C#N)ccc1F. The number of methoxy groups -OCH3 is 1. The molecule has 0 atom stereocenters. The number of hydrogen-bond acceptors (Lipinski definition) is 3. The third-order valence-corrected chi connectivity index (χ3v) is 2.75. The summed E-state index contributed by atoms with van der Waals surface area (Å²) in [7, 11) is 1.58. The van der Waals surface area contributed by atoms with Crippen molar-refractivity contribution in [3.63, 3.8) is 0 Å². The molecular formula is C15H13FN2O. The van der Waals surface area contributed by atoms with Crippen LogP contribution in [0.25, 0.3) is 0 Å². The molecule has 0 amide bonds. The molecule has 2 aromatic rings. The second kappa shape index (κ2) is 5.87. The van der Waals surface area contributed by atoms with Gasteiger partial charge in [-0.2, -0.15) is 5.26 Å². The highest BCUT2D eigenvalue weighted by Crippen LogP contribution is 2.24. The van der Waals surface area contributed by atoms with Gasteiger partial charge in [0, 0.05) is 12.1 Å². The standard InChI is InChI=1S/C15H13FN2O/c1-19-15-5-3-2-4-14(15)18-10-12-8-11(9-17)6-7-13(12)16/h2-8,18H,10H2,1H3. The van der Waals surface area contributed by atoms with E-state index in [1.807, 2.05) is 30.3 Å². The highest BCUT2D eigenvalue weighted by Gasteiger charge is 2.05. The zero-order chi connectivity index (χ0) is 13.7. The lowest BCUT2D eigenvalue weighted by Gasteiger charge is -2.11. The molecular weight excluding hydrogens is 243 g/mol. The fourth-order valence-electron chi connectivity index (χ4n) is 1.76.